The van der Waals surface area contributed by atoms with E-state index in [-0.39, 0.29) is 11.1 Å². The Morgan fingerprint density at radius 2 is 1.90 bits per heavy atom. The molecule has 1 aromatic heterocycles. The summed E-state index contributed by atoms with van der Waals surface area (Å²) in [6.45, 7) is 0. The van der Waals surface area contributed by atoms with Crippen molar-refractivity contribution in [3.8, 4) is 5.69 Å². The lowest BCUT2D eigenvalue weighted by atomic mass is 10.2. The van der Waals surface area contributed by atoms with E-state index < -0.39 is 5.97 Å². The molecule has 2 aromatic carbocycles. The van der Waals surface area contributed by atoms with Crippen LogP contribution in [0.5, 0.6) is 0 Å². The Morgan fingerprint density at radius 3 is 2.70 bits per heavy atom. The predicted octanol–water partition coefficient (Wildman–Crippen LogP) is 2.08. The number of benzene rings is 2. The van der Waals surface area contributed by atoms with E-state index in [1.165, 1.54) is 23.0 Å². The third-order valence-electron chi connectivity index (χ3n) is 3.04. The monoisotopic (exact) mass is 266 g/mol. The predicted molar refractivity (Wildman–Crippen MR) is 74.3 cm³/mol. The van der Waals surface area contributed by atoms with Gasteiger partial charge in [0.15, 0.2) is 0 Å². The number of aromatic carboxylic acids is 1. The van der Waals surface area contributed by atoms with E-state index >= 15 is 0 Å². The Balaban J connectivity index is 2.25. The number of hydrogen-bond acceptors (Lipinski definition) is 3. The van der Waals surface area contributed by atoms with Crippen LogP contribution in [0.25, 0.3) is 16.6 Å². The van der Waals surface area contributed by atoms with Gasteiger partial charge in [0, 0.05) is 0 Å². The highest BCUT2D eigenvalue weighted by molar-refractivity contribution is 5.88. The number of carbonyl (C=O) groups is 1. The number of carboxylic acid groups (broad SMARTS) is 1. The lowest BCUT2D eigenvalue weighted by molar-refractivity contribution is 0.0697. The van der Waals surface area contributed by atoms with Crippen LogP contribution in [0.1, 0.15) is 10.4 Å². The van der Waals surface area contributed by atoms with Crippen LogP contribution in [0, 0.1) is 0 Å². The van der Waals surface area contributed by atoms with Crippen molar-refractivity contribution in [2.24, 2.45) is 0 Å². The maximum atomic E-state index is 12.4. The van der Waals surface area contributed by atoms with Crippen LogP contribution in [-0.4, -0.2) is 20.6 Å². The number of hydrogen-bond donors (Lipinski definition) is 1. The summed E-state index contributed by atoms with van der Waals surface area (Å²) in [5.41, 5.74) is 0.997. The van der Waals surface area contributed by atoms with E-state index in [1.54, 1.807) is 30.3 Å². The first-order valence-electron chi connectivity index (χ1n) is 5.97. The van der Waals surface area contributed by atoms with Crippen LogP contribution in [0.2, 0.25) is 0 Å². The van der Waals surface area contributed by atoms with Gasteiger partial charge in [-0.15, -0.1) is 0 Å². The summed E-state index contributed by atoms with van der Waals surface area (Å²) in [4.78, 5) is 27.6. The van der Waals surface area contributed by atoms with E-state index in [2.05, 4.69) is 4.98 Å². The van der Waals surface area contributed by atoms with Gasteiger partial charge < -0.3 is 5.11 Å². The number of rotatable bonds is 2. The molecule has 0 aliphatic carbocycles. The van der Waals surface area contributed by atoms with Crippen LogP contribution < -0.4 is 5.56 Å². The summed E-state index contributed by atoms with van der Waals surface area (Å²) >= 11 is 0. The first-order chi connectivity index (χ1) is 9.66. The molecule has 0 atom stereocenters. The van der Waals surface area contributed by atoms with Crippen LogP contribution in [0.4, 0.5) is 0 Å². The smallest absolute Gasteiger partial charge is 0.335 e. The minimum Gasteiger partial charge on any atom is -0.478 e. The van der Waals surface area contributed by atoms with Crippen molar-refractivity contribution >= 4 is 16.9 Å². The van der Waals surface area contributed by atoms with Crippen LogP contribution in [0.15, 0.2) is 59.7 Å². The molecule has 0 saturated carbocycles. The molecule has 5 nitrogen and oxygen atoms in total. The third kappa shape index (κ3) is 1.95. The molecule has 3 aromatic rings. The highest BCUT2D eigenvalue weighted by Crippen LogP contribution is 2.11. The van der Waals surface area contributed by atoms with Gasteiger partial charge in [0.05, 0.1) is 22.2 Å². The van der Waals surface area contributed by atoms with Crippen molar-refractivity contribution in [1.29, 1.82) is 0 Å². The van der Waals surface area contributed by atoms with Gasteiger partial charge in [0.1, 0.15) is 6.33 Å². The molecule has 1 N–H and O–H groups in total. The molecule has 0 saturated heterocycles. The average Bonchev–Trinajstić information content (AvgIpc) is 2.48. The molecule has 0 unspecified atom stereocenters. The highest BCUT2D eigenvalue weighted by Gasteiger charge is 2.08. The van der Waals surface area contributed by atoms with E-state index in [0.717, 1.165) is 0 Å². The molecular weight excluding hydrogens is 256 g/mol. The Hall–Kier alpha value is -2.95. The number of aromatic nitrogens is 2. The third-order valence-corrected chi connectivity index (χ3v) is 3.04. The normalized spacial score (nSPS) is 10.6. The zero-order valence-electron chi connectivity index (χ0n) is 10.4. The lowest BCUT2D eigenvalue weighted by Crippen LogP contribution is -2.19. The molecule has 5 heteroatoms. The van der Waals surface area contributed by atoms with Gasteiger partial charge in [-0.1, -0.05) is 18.2 Å². The largest absolute Gasteiger partial charge is 0.478 e. The van der Waals surface area contributed by atoms with Gasteiger partial charge >= 0.3 is 5.97 Å². The maximum Gasteiger partial charge on any atom is 0.335 e. The SMILES string of the molecule is O=C(O)c1cccc(-n2cnc3ccccc3c2=O)c1. The van der Waals surface area contributed by atoms with Gasteiger partial charge in [0.2, 0.25) is 0 Å². The molecule has 0 fully saturated rings. The number of para-hydroxylation sites is 1. The van der Waals surface area contributed by atoms with E-state index in [1.807, 2.05) is 6.07 Å². The minimum absolute atomic E-state index is 0.127. The Bertz CT molecular complexity index is 868. The van der Waals surface area contributed by atoms with Crippen LogP contribution >= 0.6 is 0 Å². The van der Waals surface area contributed by atoms with Gasteiger partial charge in [-0.2, -0.15) is 0 Å². The maximum absolute atomic E-state index is 12.4. The molecule has 3 rings (SSSR count). The minimum atomic E-state index is -1.03. The summed E-state index contributed by atoms with van der Waals surface area (Å²) in [5, 5.41) is 9.49. The van der Waals surface area contributed by atoms with Gasteiger partial charge in [0.25, 0.3) is 5.56 Å². The van der Waals surface area contributed by atoms with Crippen molar-refractivity contribution < 1.29 is 9.90 Å². The fourth-order valence-electron chi connectivity index (χ4n) is 2.04. The number of carboxylic acids is 1. The molecule has 0 bridgehead atoms. The lowest BCUT2D eigenvalue weighted by Gasteiger charge is -2.07. The number of nitrogens with zero attached hydrogens (tertiary/aromatic N) is 2. The summed E-state index contributed by atoms with van der Waals surface area (Å²) < 4.78 is 1.34. The van der Waals surface area contributed by atoms with E-state index in [4.69, 9.17) is 5.11 Å². The first kappa shape index (κ1) is 12.1. The second-order valence-electron chi connectivity index (χ2n) is 4.29. The molecule has 0 radical (unpaired) electrons. The highest BCUT2D eigenvalue weighted by atomic mass is 16.4. The fraction of sp³-hybridized carbons (Fsp3) is 0. The Kier molecular flexibility index (Phi) is 2.80. The fourth-order valence-corrected chi connectivity index (χ4v) is 2.04. The number of fused-ring (bicyclic) bond motifs is 1. The molecule has 1 heterocycles. The molecular formula is C15H10N2O3. The van der Waals surface area contributed by atoms with Gasteiger partial charge in [-0.05, 0) is 30.3 Å². The summed E-state index contributed by atoms with van der Waals surface area (Å²) in [6, 6.07) is 13.2. The van der Waals surface area contributed by atoms with Crippen molar-refractivity contribution in [3.63, 3.8) is 0 Å². The standard InChI is InChI=1S/C15H10N2O3/c18-14-12-6-1-2-7-13(12)16-9-17(14)11-5-3-4-10(8-11)15(19)20/h1-9H,(H,19,20). The summed E-state index contributed by atoms with van der Waals surface area (Å²) in [5.74, 6) is -1.03. The molecule has 0 amide bonds. The van der Waals surface area contributed by atoms with Crippen molar-refractivity contribution in [3.05, 3.63) is 70.8 Å². The Labute approximate surface area is 113 Å². The summed E-state index contributed by atoms with van der Waals surface area (Å²) in [7, 11) is 0. The second-order valence-corrected chi connectivity index (χ2v) is 4.29. The van der Waals surface area contributed by atoms with Gasteiger partial charge in [-0.3, -0.25) is 9.36 Å². The molecule has 0 spiro atoms. The second kappa shape index (κ2) is 4.62. The molecule has 98 valence electrons. The van der Waals surface area contributed by atoms with Crippen LogP contribution in [-0.2, 0) is 0 Å². The molecule has 0 aliphatic heterocycles. The molecule has 20 heavy (non-hydrogen) atoms. The van der Waals surface area contributed by atoms with Crippen molar-refractivity contribution in [2.45, 2.75) is 0 Å². The van der Waals surface area contributed by atoms with E-state index in [0.29, 0.717) is 16.6 Å². The Morgan fingerprint density at radius 1 is 1.10 bits per heavy atom. The molecule has 0 aliphatic rings. The van der Waals surface area contributed by atoms with E-state index in [9.17, 15) is 9.59 Å². The van der Waals surface area contributed by atoms with Crippen molar-refractivity contribution in [2.75, 3.05) is 0 Å². The average molecular weight is 266 g/mol. The van der Waals surface area contributed by atoms with Crippen LogP contribution in [0.3, 0.4) is 0 Å². The summed E-state index contributed by atoms with van der Waals surface area (Å²) in [6.07, 6.45) is 1.41. The first-order valence-corrected chi connectivity index (χ1v) is 5.97. The quantitative estimate of drug-likeness (QED) is 0.770. The van der Waals surface area contributed by atoms with Gasteiger partial charge in [-0.25, -0.2) is 9.78 Å². The zero-order chi connectivity index (χ0) is 14.1. The van der Waals surface area contributed by atoms with Crippen molar-refractivity contribution in [1.82, 2.24) is 9.55 Å². The topological polar surface area (TPSA) is 72.2 Å². The zero-order valence-corrected chi connectivity index (χ0v) is 10.4.